The Bertz CT molecular complexity index is 518. The van der Waals surface area contributed by atoms with E-state index in [4.69, 9.17) is 0 Å². The first kappa shape index (κ1) is 15.0. The number of carbonyl (C=O) groups is 2. The van der Waals surface area contributed by atoms with E-state index in [0.29, 0.717) is 14.9 Å². The molecular weight excluding hydrogens is 271 g/mol. The largest absolute Gasteiger partial charge is 0.352 e. The first-order valence-electron chi connectivity index (χ1n) is 6.83. The molecule has 3 atom stereocenters. The fourth-order valence-corrected chi connectivity index (χ4v) is 3.83. The minimum atomic E-state index is -0.259. The summed E-state index contributed by atoms with van der Waals surface area (Å²) in [6.45, 7) is 3.87. The van der Waals surface area contributed by atoms with Gasteiger partial charge in [0.2, 0.25) is 11.8 Å². The van der Waals surface area contributed by atoms with E-state index in [-0.39, 0.29) is 29.9 Å². The lowest BCUT2D eigenvalue weighted by Gasteiger charge is -2.29. The maximum Gasteiger partial charge on any atom is 0.223 e. The number of benzene rings is 1. The van der Waals surface area contributed by atoms with Crippen molar-refractivity contribution in [2.75, 3.05) is 13.3 Å². The highest BCUT2D eigenvalue weighted by Crippen LogP contribution is 2.38. The number of hydrogen-bond acceptors (Lipinski definition) is 2. The van der Waals surface area contributed by atoms with Crippen LogP contribution in [0.4, 0.5) is 0 Å². The molecule has 0 radical (unpaired) electrons. The maximum absolute atomic E-state index is 12.3. The minimum Gasteiger partial charge on any atom is -0.352 e. The smallest absolute Gasteiger partial charge is 0.223 e. The molecule has 0 bridgehead atoms. The summed E-state index contributed by atoms with van der Waals surface area (Å²) in [5.74, 6) is -0.195. The Morgan fingerprint density at radius 1 is 1.30 bits per heavy atom. The van der Waals surface area contributed by atoms with Crippen molar-refractivity contribution in [3.63, 3.8) is 0 Å². The molecule has 1 heterocycles. The first-order valence-corrected chi connectivity index (χ1v) is 8.11. The van der Waals surface area contributed by atoms with Gasteiger partial charge in [0.25, 0.3) is 0 Å². The summed E-state index contributed by atoms with van der Waals surface area (Å²) < 4.78 is 0. The van der Waals surface area contributed by atoms with Crippen molar-refractivity contribution in [3.05, 3.63) is 35.4 Å². The van der Waals surface area contributed by atoms with Crippen LogP contribution in [0.2, 0.25) is 0 Å². The Balaban J connectivity index is 2.30. The van der Waals surface area contributed by atoms with Crippen LogP contribution < -0.4 is 5.32 Å². The normalized spacial score (nSPS) is 25.9. The number of hydrogen-bond donors (Lipinski definition) is 1. The average Bonchev–Trinajstić information content (AvgIpc) is 2.46. The molecule has 0 aromatic heterocycles. The molecule has 20 heavy (non-hydrogen) atoms. The van der Waals surface area contributed by atoms with Crippen LogP contribution in [0.3, 0.4) is 0 Å². The SMILES string of the molecule is Cc1ccccc1[C@@H]1PCNC(=O)[C@H](C)CC(=O)N1C. The van der Waals surface area contributed by atoms with Crippen molar-refractivity contribution in [3.8, 4) is 0 Å². The van der Waals surface area contributed by atoms with E-state index >= 15 is 0 Å². The quantitative estimate of drug-likeness (QED) is 0.807. The van der Waals surface area contributed by atoms with Gasteiger partial charge in [0.1, 0.15) is 0 Å². The molecule has 0 aliphatic carbocycles. The van der Waals surface area contributed by atoms with Crippen molar-refractivity contribution >= 4 is 20.4 Å². The lowest BCUT2D eigenvalue weighted by molar-refractivity contribution is -0.135. The summed E-state index contributed by atoms with van der Waals surface area (Å²) in [5.41, 5.74) is 2.36. The average molecular weight is 292 g/mol. The topological polar surface area (TPSA) is 49.4 Å². The van der Waals surface area contributed by atoms with Gasteiger partial charge < -0.3 is 10.2 Å². The fraction of sp³-hybridized carbons (Fsp3) is 0.467. The summed E-state index contributed by atoms with van der Waals surface area (Å²) >= 11 is 0. The highest BCUT2D eigenvalue weighted by atomic mass is 31.1. The van der Waals surface area contributed by atoms with Gasteiger partial charge in [-0.15, -0.1) is 0 Å². The molecule has 4 nitrogen and oxygen atoms in total. The number of amides is 2. The van der Waals surface area contributed by atoms with Crippen molar-refractivity contribution in [2.24, 2.45) is 5.92 Å². The van der Waals surface area contributed by atoms with Crippen molar-refractivity contribution < 1.29 is 9.59 Å². The van der Waals surface area contributed by atoms with Gasteiger partial charge in [-0.05, 0) is 18.1 Å². The molecule has 1 N–H and O–H groups in total. The van der Waals surface area contributed by atoms with Gasteiger partial charge >= 0.3 is 0 Å². The predicted molar refractivity (Wildman–Crippen MR) is 81.8 cm³/mol. The second-order valence-electron chi connectivity index (χ2n) is 5.29. The zero-order chi connectivity index (χ0) is 14.7. The number of nitrogens with zero attached hydrogens (tertiary/aromatic N) is 1. The molecule has 0 spiro atoms. The first-order chi connectivity index (χ1) is 9.50. The zero-order valence-electron chi connectivity index (χ0n) is 12.1. The van der Waals surface area contributed by atoms with Gasteiger partial charge in [-0.3, -0.25) is 9.59 Å². The number of nitrogens with one attached hydrogen (secondary N) is 1. The molecule has 108 valence electrons. The van der Waals surface area contributed by atoms with Crippen LogP contribution >= 0.6 is 8.58 Å². The Kier molecular flexibility index (Phi) is 4.77. The standard InChI is InChI=1S/C15H21N2O2P/c1-10-6-4-5-7-12(10)15-17(3)13(18)8-11(2)14(19)16-9-20-15/h4-7,11,15,20H,8-9H2,1-3H3,(H,16,19)/t11-,15+/m1/s1. The highest BCUT2D eigenvalue weighted by molar-refractivity contribution is 7.38. The van der Waals surface area contributed by atoms with E-state index in [1.54, 1.807) is 11.8 Å². The molecule has 1 fully saturated rings. The highest BCUT2D eigenvalue weighted by Gasteiger charge is 2.27. The Morgan fingerprint density at radius 2 is 2.00 bits per heavy atom. The van der Waals surface area contributed by atoms with Gasteiger partial charge in [0.05, 0.1) is 5.78 Å². The minimum absolute atomic E-state index is 0.0234. The Hall–Kier alpha value is -1.41. The lowest BCUT2D eigenvalue weighted by atomic mass is 10.1. The van der Waals surface area contributed by atoms with Crippen LogP contribution in [-0.2, 0) is 9.59 Å². The second-order valence-corrected chi connectivity index (χ2v) is 6.60. The zero-order valence-corrected chi connectivity index (χ0v) is 13.1. The Labute approximate surface area is 121 Å². The molecule has 1 unspecified atom stereocenters. The summed E-state index contributed by atoms with van der Waals surface area (Å²) in [6.07, 6.45) is 0.898. The van der Waals surface area contributed by atoms with E-state index in [9.17, 15) is 9.59 Å². The summed E-state index contributed by atoms with van der Waals surface area (Å²) in [7, 11) is 2.31. The van der Waals surface area contributed by atoms with Gasteiger partial charge in [-0.25, -0.2) is 0 Å². The summed E-state index contributed by atoms with van der Waals surface area (Å²) in [5, 5.41) is 2.93. The van der Waals surface area contributed by atoms with Crippen LogP contribution in [0.1, 0.15) is 30.3 Å². The van der Waals surface area contributed by atoms with Crippen LogP contribution in [-0.4, -0.2) is 30.0 Å². The van der Waals surface area contributed by atoms with E-state index < -0.39 is 0 Å². The number of carbonyl (C=O) groups excluding carboxylic acids is 2. The third-order valence-electron chi connectivity index (χ3n) is 3.75. The molecule has 1 aromatic carbocycles. The van der Waals surface area contributed by atoms with E-state index in [1.165, 1.54) is 11.1 Å². The van der Waals surface area contributed by atoms with Gasteiger partial charge in [0.15, 0.2) is 0 Å². The van der Waals surface area contributed by atoms with Crippen LogP contribution in [0.5, 0.6) is 0 Å². The van der Waals surface area contributed by atoms with Crippen LogP contribution in [0, 0.1) is 12.8 Å². The predicted octanol–water partition coefficient (Wildman–Crippen LogP) is 2.24. The molecule has 1 saturated heterocycles. The molecule has 1 aliphatic rings. The number of rotatable bonds is 1. The van der Waals surface area contributed by atoms with Crippen molar-refractivity contribution in [1.82, 2.24) is 10.2 Å². The third-order valence-corrected chi connectivity index (χ3v) is 5.22. The molecule has 2 rings (SSSR count). The second kappa shape index (κ2) is 6.36. The third kappa shape index (κ3) is 3.18. The van der Waals surface area contributed by atoms with Crippen molar-refractivity contribution in [2.45, 2.75) is 26.1 Å². The van der Waals surface area contributed by atoms with E-state index in [2.05, 4.69) is 24.4 Å². The summed E-state index contributed by atoms with van der Waals surface area (Å²) in [4.78, 5) is 25.9. The van der Waals surface area contributed by atoms with Gasteiger partial charge in [-0.1, -0.05) is 39.8 Å². The lowest BCUT2D eigenvalue weighted by Crippen LogP contribution is -2.32. The van der Waals surface area contributed by atoms with Crippen LogP contribution in [0.25, 0.3) is 0 Å². The fourth-order valence-electron chi connectivity index (χ4n) is 2.40. The molecule has 2 amide bonds. The number of aryl methyl sites for hydroxylation is 1. The molecule has 1 aliphatic heterocycles. The molecule has 1 aromatic rings. The Morgan fingerprint density at radius 3 is 2.70 bits per heavy atom. The van der Waals surface area contributed by atoms with E-state index in [1.807, 2.05) is 19.2 Å². The summed E-state index contributed by atoms with van der Waals surface area (Å²) in [6, 6.07) is 8.13. The van der Waals surface area contributed by atoms with Crippen LogP contribution in [0.15, 0.2) is 24.3 Å². The molecule has 0 saturated carbocycles. The van der Waals surface area contributed by atoms with Gasteiger partial charge in [0, 0.05) is 25.7 Å². The van der Waals surface area contributed by atoms with Gasteiger partial charge in [-0.2, -0.15) is 0 Å². The van der Waals surface area contributed by atoms with E-state index in [0.717, 1.165) is 0 Å². The molecule has 5 heteroatoms. The monoisotopic (exact) mass is 292 g/mol. The maximum atomic E-state index is 12.3. The van der Waals surface area contributed by atoms with Crippen molar-refractivity contribution in [1.29, 1.82) is 0 Å². The molecular formula is C15H21N2O2P.